The number of nitrogens with two attached hydrogens (primary N) is 1. The number of pyridine rings is 1. The number of halogens is 3. The summed E-state index contributed by atoms with van der Waals surface area (Å²) in [4.78, 5) is 4.89. The van der Waals surface area contributed by atoms with Crippen LogP contribution in [-0.4, -0.2) is 24.2 Å². The lowest BCUT2D eigenvalue weighted by molar-refractivity contribution is -0.119. The summed E-state index contributed by atoms with van der Waals surface area (Å²) >= 11 is 0. The highest BCUT2D eigenvalue weighted by atomic mass is 19.4. The van der Waals surface area contributed by atoms with Gasteiger partial charge in [0.2, 0.25) is 0 Å². The number of anilines is 2. The van der Waals surface area contributed by atoms with Crippen LogP contribution in [0.4, 0.5) is 24.7 Å². The average molecular weight is 219 g/mol. The van der Waals surface area contributed by atoms with Gasteiger partial charge in [-0.05, 0) is 19.1 Å². The van der Waals surface area contributed by atoms with Crippen molar-refractivity contribution in [2.24, 2.45) is 0 Å². The van der Waals surface area contributed by atoms with Gasteiger partial charge in [0.15, 0.2) is 0 Å². The normalized spacial score (nSPS) is 11.5. The summed E-state index contributed by atoms with van der Waals surface area (Å²) in [6.07, 6.45) is -2.79. The molecule has 2 N–H and O–H groups in total. The largest absolute Gasteiger partial charge is 0.405 e. The summed E-state index contributed by atoms with van der Waals surface area (Å²) in [5.41, 5.74) is 5.81. The first-order valence-corrected chi connectivity index (χ1v) is 4.46. The second-order valence-electron chi connectivity index (χ2n) is 3.04. The highest BCUT2D eigenvalue weighted by Crippen LogP contribution is 2.24. The molecule has 1 aromatic rings. The van der Waals surface area contributed by atoms with Crippen molar-refractivity contribution in [1.82, 2.24) is 4.98 Å². The maximum absolute atomic E-state index is 12.2. The molecule has 0 amide bonds. The number of hydrogen-bond donors (Lipinski definition) is 1. The van der Waals surface area contributed by atoms with Crippen LogP contribution in [0.2, 0.25) is 0 Å². The number of alkyl halides is 3. The van der Waals surface area contributed by atoms with E-state index < -0.39 is 12.7 Å². The Morgan fingerprint density at radius 1 is 1.47 bits per heavy atom. The number of nitrogen functional groups attached to an aromatic ring is 1. The summed E-state index contributed by atoms with van der Waals surface area (Å²) in [7, 11) is 0. The molecular weight excluding hydrogens is 207 g/mol. The zero-order valence-electron chi connectivity index (χ0n) is 8.25. The molecule has 0 aromatic carbocycles. The van der Waals surface area contributed by atoms with E-state index in [0.29, 0.717) is 5.69 Å². The molecule has 0 bridgehead atoms. The van der Waals surface area contributed by atoms with E-state index in [9.17, 15) is 13.2 Å². The van der Waals surface area contributed by atoms with Gasteiger partial charge < -0.3 is 10.6 Å². The summed E-state index contributed by atoms with van der Waals surface area (Å²) in [5.74, 6) is 0.114. The Morgan fingerprint density at radius 2 is 2.13 bits per heavy atom. The SMILES string of the molecule is CCN(CC(F)(F)F)c1cccnc1N. The molecule has 84 valence electrons. The van der Waals surface area contributed by atoms with E-state index in [1.165, 1.54) is 12.3 Å². The Balaban J connectivity index is 2.88. The Morgan fingerprint density at radius 3 is 2.60 bits per heavy atom. The third-order valence-corrected chi connectivity index (χ3v) is 1.91. The molecule has 1 aromatic heterocycles. The molecule has 0 unspecified atom stereocenters. The maximum Gasteiger partial charge on any atom is 0.405 e. The van der Waals surface area contributed by atoms with Crippen LogP contribution in [0.5, 0.6) is 0 Å². The van der Waals surface area contributed by atoms with Gasteiger partial charge in [-0.15, -0.1) is 0 Å². The van der Waals surface area contributed by atoms with Crippen LogP contribution >= 0.6 is 0 Å². The fourth-order valence-electron chi connectivity index (χ4n) is 1.26. The predicted molar refractivity (Wildman–Crippen MR) is 52.6 cm³/mol. The van der Waals surface area contributed by atoms with Crippen molar-refractivity contribution in [3.8, 4) is 0 Å². The second-order valence-corrected chi connectivity index (χ2v) is 3.04. The lowest BCUT2D eigenvalue weighted by atomic mass is 10.3. The van der Waals surface area contributed by atoms with Crippen molar-refractivity contribution in [2.75, 3.05) is 23.7 Å². The maximum atomic E-state index is 12.2. The topological polar surface area (TPSA) is 42.2 Å². The summed E-state index contributed by atoms with van der Waals surface area (Å²) in [6, 6.07) is 3.09. The average Bonchev–Trinajstić information content (AvgIpc) is 2.14. The van der Waals surface area contributed by atoms with Gasteiger partial charge in [0, 0.05) is 12.7 Å². The molecule has 0 saturated heterocycles. The van der Waals surface area contributed by atoms with Crippen LogP contribution < -0.4 is 10.6 Å². The van der Waals surface area contributed by atoms with Gasteiger partial charge >= 0.3 is 6.18 Å². The minimum absolute atomic E-state index is 0.114. The molecule has 0 spiro atoms. The fourth-order valence-corrected chi connectivity index (χ4v) is 1.26. The van der Waals surface area contributed by atoms with E-state index in [2.05, 4.69) is 4.98 Å². The summed E-state index contributed by atoms with van der Waals surface area (Å²) in [6.45, 7) is 0.854. The van der Waals surface area contributed by atoms with Crippen molar-refractivity contribution in [2.45, 2.75) is 13.1 Å². The van der Waals surface area contributed by atoms with Crippen molar-refractivity contribution < 1.29 is 13.2 Å². The minimum Gasteiger partial charge on any atom is -0.382 e. The van der Waals surface area contributed by atoms with E-state index in [1.54, 1.807) is 13.0 Å². The highest BCUT2D eigenvalue weighted by molar-refractivity contribution is 5.62. The van der Waals surface area contributed by atoms with Gasteiger partial charge in [-0.1, -0.05) is 0 Å². The first-order chi connectivity index (χ1) is 6.94. The van der Waals surface area contributed by atoms with Crippen molar-refractivity contribution in [3.05, 3.63) is 18.3 Å². The summed E-state index contributed by atoms with van der Waals surface area (Å²) in [5, 5.41) is 0. The third kappa shape index (κ3) is 3.30. The standard InChI is InChI=1S/C9H12F3N3/c1-2-15(6-9(10,11)12)7-4-3-5-14-8(7)13/h3-5H,2,6H2,1H3,(H2,13,14). The Bertz CT molecular complexity index is 325. The number of aromatic nitrogens is 1. The first-order valence-electron chi connectivity index (χ1n) is 4.46. The molecule has 0 aliphatic heterocycles. The molecule has 3 nitrogen and oxygen atoms in total. The quantitative estimate of drug-likeness (QED) is 0.846. The predicted octanol–water partition coefficient (Wildman–Crippen LogP) is 2.05. The van der Waals surface area contributed by atoms with E-state index in [0.717, 1.165) is 4.90 Å². The van der Waals surface area contributed by atoms with Crippen LogP contribution in [0.3, 0.4) is 0 Å². The smallest absolute Gasteiger partial charge is 0.382 e. The molecule has 0 aliphatic rings. The van der Waals surface area contributed by atoms with E-state index in [1.807, 2.05) is 0 Å². The number of hydrogen-bond acceptors (Lipinski definition) is 3. The molecule has 15 heavy (non-hydrogen) atoms. The lowest BCUT2D eigenvalue weighted by Crippen LogP contribution is -2.34. The molecule has 0 aliphatic carbocycles. The van der Waals surface area contributed by atoms with Crippen LogP contribution in [0, 0.1) is 0 Å². The van der Waals surface area contributed by atoms with Crippen LogP contribution in [0.25, 0.3) is 0 Å². The Kier molecular flexibility index (Phi) is 3.39. The molecule has 0 saturated carbocycles. The molecule has 1 heterocycles. The van der Waals surface area contributed by atoms with Gasteiger partial charge in [-0.25, -0.2) is 4.98 Å². The molecule has 0 radical (unpaired) electrons. The Labute approximate surface area is 85.7 Å². The molecule has 1 rings (SSSR count). The molecular formula is C9H12F3N3. The van der Waals surface area contributed by atoms with Gasteiger partial charge in [-0.3, -0.25) is 0 Å². The summed E-state index contributed by atoms with van der Waals surface area (Å²) < 4.78 is 36.6. The van der Waals surface area contributed by atoms with Gasteiger partial charge in [-0.2, -0.15) is 13.2 Å². The Hall–Kier alpha value is -1.46. The van der Waals surface area contributed by atoms with Crippen molar-refractivity contribution in [3.63, 3.8) is 0 Å². The lowest BCUT2D eigenvalue weighted by Gasteiger charge is -2.24. The van der Waals surface area contributed by atoms with E-state index >= 15 is 0 Å². The van der Waals surface area contributed by atoms with Gasteiger partial charge in [0.1, 0.15) is 12.4 Å². The van der Waals surface area contributed by atoms with Crippen molar-refractivity contribution in [1.29, 1.82) is 0 Å². The monoisotopic (exact) mass is 219 g/mol. The second kappa shape index (κ2) is 4.37. The zero-order valence-corrected chi connectivity index (χ0v) is 8.25. The van der Waals surface area contributed by atoms with Crippen molar-refractivity contribution >= 4 is 11.5 Å². The van der Waals surface area contributed by atoms with Gasteiger partial charge in [0.05, 0.1) is 5.69 Å². The number of nitrogens with zero attached hydrogens (tertiary/aromatic N) is 2. The van der Waals surface area contributed by atoms with Gasteiger partial charge in [0.25, 0.3) is 0 Å². The number of rotatable bonds is 3. The first kappa shape index (κ1) is 11.6. The van der Waals surface area contributed by atoms with Crippen LogP contribution in [0.1, 0.15) is 6.92 Å². The van der Waals surface area contributed by atoms with E-state index in [4.69, 9.17) is 5.73 Å². The minimum atomic E-state index is -4.24. The third-order valence-electron chi connectivity index (χ3n) is 1.91. The molecule has 0 fully saturated rings. The fraction of sp³-hybridized carbons (Fsp3) is 0.444. The molecule has 6 heteroatoms. The van der Waals surface area contributed by atoms with E-state index in [-0.39, 0.29) is 12.4 Å². The molecule has 0 atom stereocenters. The highest BCUT2D eigenvalue weighted by Gasteiger charge is 2.30. The van der Waals surface area contributed by atoms with Crippen LogP contribution in [-0.2, 0) is 0 Å². The zero-order chi connectivity index (χ0) is 11.5. The van der Waals surface area contributed by atoms with Crippen LogP contribution in [0.15, 0.2) is 18.3 Å².